The van der Waals surface area contributed by atoms with E-state index in [-0.39, 0.29) is 5.75 Å². The Morgan fingerprint density at radius 2 is 1.65 bits per heavy atom. The van der Waals surface area contributed by atoms with E-state index in [1.54, 1.807) is 13.2 Å². The number of benzene rings is 2. The topological polar surface area (TPSA) is 66.8 Å². The number of phenolic OH excluding ortho intramolecular Hbond substituents is 1. The van der Waals surface area contributed by atoms with Gasteiger partial charge in [-0.05, 0) is 22.9 Å². The van der Waals surface area contributed by atoms with E-state index in [2.05, 4.69) is 0 Å². The van der Waals surface area contributed by atoms with Crippen molar-refractivity contribution in [3.63, 3.8) is 0 Å². The van der Waals surface area contributed by atoms with Crippen molar-refractivity contribution >= 4 is 16.7 Å². The number of rotatable bonds is 1. The first-order chi connectivity index (χ1) is 8.04. The lowest BCUT2D eigenvalue weighted by atomic mass is 10.1. The van der Waals surface area contributed by atoms with E-state index in [1.165, 1.54) is 0 Å². The maximum atomic E-state index is 9.48. The molecule has 4 nitrogen and oxygen atoms in total. The molecule has 90 valence electrons. The van der Waals surface area contributed by atoms with Crippen molar-refractivity contribution in [2.75, 3.05) is 7.11 Å². The molecular formula is C13H14O4. The molecule has 2 aromatic rings. The van der Waals surface area contributed by atoms with Gasteiger partial charge in [-0.2, -0.15) is 0 Å². The number of fused-ring (bicyclic) bond motifs is 1. The first-order valence-electron chi connectivity index (χ1n) is 5.00. The monoisotopic (exact) mass is 234 g/mol. The SMILES string of the molecule is CC(=O)O.COc1cc2ccccc2cc1O. The number of hydrogen-bond donors (Lipinski definition) is 2. The zero-order valence-corrected chi connectivity index (χ0v) is 9.68. The molecule has 0 aliphatic carbocycles. The Morgan fingerprint density at radius 3 is 2.12 bits per heavy atom. The fourth-order valence-corrected chi connectivity index (χ4v) is 1.37. The highest BCUT2D eigenvalue weighted by molar-refractivity contribution is 5.85. The molecule has 0 heterocycles. The van der Waals surface area contributed by atoms with Crippen LogP contribution in [0.1, 0.15) is 6.92 Å². The van der Waals surface area contributed by atoms with Crippen LogP contribution >= 0.6 is 0 Å². The van der Waals surface area contributed by atoms with Crippen molar-refractivity contribution in [1.29, 1.82) is 0 Å². The molecule has 0 aliphatic heterocycles. The van der Waals surface area contributed by atoms with Gasteiger partial charge in [0.15, 0.2) is 11.5 Å². The second kappa shape index (κ2) is 5.75. The Morgan fingerprint density at radius 1 is 1.18 bits per heavy atom. The Hall–Kier alpha value is -2.23. The van der Waals surface area contributed by atoms with Gasteiger partial charge in [-0.25, -0.2) is 0 Å². The van der Waals surface area contributed by atoms with Crippen molar-refractivity contribution < 1.29 is 19.7 Å². The number of phenols is 1. The summed E-state index contributed by atoms with van der Waals surface area (Å²) < 4.78 is 5.00. The van der Waals surface area contributed by atoms with Crippen LogP contribution in [0.5, 0.6) is 11.5 Å². The summed E-state index contributed by atoms with van der Waals surface area (Å²) in [6.45, 7) is 1.08. The van der Waals surface area contributed by atoms with Crippen LogP contribution in [0, 0.1) is 0 Å². The normalized spacial score (nSPS) is 9.29. The summed E-state index contributed by atoms with van der Waals surface area (Å²) in [7, 11) is 1.55. The number of carboxylic acids is 1. The molecule has 0 amide bonds. The maximum absolute atomic E-state index is 9.48. The molecule has 0 aliphatic rings. The van der Waals surface area contributed by atoms with Crippen molar-refractivity contribution in [3.8, 4) is 11.5 Å². The van der Waals surface area contributed by atoms with Crippen LogP contribution in [-0.2, 0) is 4.79 Å². The van der Waals surface area contributed by atoms with E-state index in [9.17, 15) is 5.11 Å². The summed E-state index contributed by atoms with van der Waals surface area (Å²) in [6.07, 6.45) is 0. The van der Waals surface area contributed by atoms with Crippen molar-refractivity contribution in [2.45, 2.75) is 6.92 Å². The molecule has 2 aromatic carbocycles. The molecule has 0 bridgehead atoms. The molecule has 4 heteroatoms. The standard InChI is InChI=1S/C11H10O2.C2H4O2/c1-13-11-7-9-5-3-2-4-8(9)6-10(11)12;1-2(3)4/h2-7,12H,1H3;1H3,(H,3,4). The highest BCUT2D eigenvalue weighted by Crippen LogP contribution is 2.30. The van der Waals surface area contributed by atoms with E-state index >= 15 is 0 Å². The van der Waals surface area contributed by atoms with Gasteiger partial charge in [0.2, 0.25) is 0 Å². The molecule has 0 saturated carbocycles. The maximum Gasteiger partial charge on any atom is 0.300 e. The Kier molecular flexibility index (Phi) is 4.34. The van der Waals surface area contributed by atoms with Gasteiger partial charge in [0.25, 0.3) is 5.97 Å². The molecule has 2 rings (SSSR count). The number of carboxylic acid groups (broad SMARTS) is 1. The van der Waals surface area contributed by atoms with Gasteiger partial charge in [0.1, 0.15) is 0 Å². The number of hydrogen-bond acceptors (Lipinski definition) is 3. The minimum Gasteiger partial charge on any atom is -0.504 e. The summed E-state index contributed by atoms with van der Waals surface area (Å²) in [5, 5.41) is 19.0. The number of methoxy groups -OCH3 is 1. The molecule has 0 saturated heterocycles. The predicted octanol–water partition coefficient (Wildman–Crippen LogP) is 2.64. The van der Waals surface area contributed by atoms with Gasteiger partial charge in [0, 0.05) is 6.92 Å². The summed E-state index contributed by atoms with van der Waals surface area (Å²) in [6, 6.07) is 11.4. The van der Waals surface area contributed by atoms with Gasteiger partial charge in [-0.3, -0.25) is 4.79 Å². The van der Waals surface area contributed by atoms with Crippen LogP contribution < -0.4 is 4.74 Å². The third kappa shape index (κ3) is 3.68. The average molecular weight is 234 g/mol. The zero-order chi connectivity index (χ0) is 12.8. The third-order valence-corrected chi connectivity index (χ3v) is 2.05. The molecule has 0 unspecified atom stereocenters. The van der Waals surface area contributed by atoms with Gasteiger partial charge in [0.05, 0.1) is 7.11 Å². The van der Waals surface area contributed by atoms with Gasteiger partial charge in [-0.1, -0.05) is 24.3 Å². The molecular weight excluding hydrogens is 220 g/mol. The van der Waals surface area contributed by atoms with Crippen molar-refractivity contribution in [3.05, 3.63) is 36.4 Å². The lowest BCUT2D eigenvalue weighted by Crippen LogP contribution is -1.83. The summed E-state index contributed by atoms with van der Waals surface area (Å²) in [4.78, 5) is 9.00. The van der Waals surface area contributed by atoms with Crippen LogP contribution in [0.25, 0.3) is 10.8 Å². The average Bonchev–Trinajstić information content (AvgIpc) is 2.27. The molecule has 0 spiro atoms. The summed E-state index contributed by atoms with van der Waals surface area (Å²) in [5.74, 6) is -0.139. The summed E-state index contributed by atoms with van der Waals surface area (Å²) >= 11 is 0. The molecule has 0 fully saturated rings. The van der Waals surface area contributed by atoms with Crippen molar-refractivity contribution in [1.82, 2.24) is 0 Å². The Bertz CT molecular complexity index is 516. The lowest BCUT2D eigenvalue weighted by Gasteiger charge is -2.04. The van der Waals surface area contributed by atoms with Crippen molar-refractivity contribution in [2.24, 2.45) is 0 Å². The number of aromatic hydroxyl groups is 1. The van der Waals surface area contributed by atoms with E-state index < -0.39 is 5.97 Å². The van der Waals surface area contributed by atoms with Crippen LogP contribution in [0.2, 0.25) is 0 Å². The fourth-order valence-electron chi connectivity index (χ4n) is 1.37. The second-order valence-electron chi connectivity index (χ2n) is 3.39. The minimum absolute atomic E-state index is 0.182. The first kappa shape index (κ1) is 12.8. The first-order valence-corrected chi connectivity index (χ1v) is 5.00. The van der Waals surface area contributed by atoms with E-state index in [0.717, 1.165) is 17.7 Å². The highest BCUT2D eigenvalue weighted by Gasteiger charge is 2.02. The predicted molar refractivity (Wildman–Crippen MR) is 65.5 cm³/mol. The van der Waals surface area contributed by atoms with E-state index in [4.69, 9.17) is 14.6 Å². The molecule has 2 N–H and O–H groups in total. The highest BCUT2D eigenvalue weighted by atomic mass is 16.5. The van der Waals surface area contributed by atoms with E-state index in [1.807, 2.05) is 30.3 Å². The largest absolute Gasteiger partial charge is 0.504 e. The fraction of sp³-hybridized carbons (Fsp3) is 0.154. The smallest absolute Gasteiger partial charge is 0.300 e. The molecule has 0 atom stereocenters. The van der Waals surface area contributed by atoms with Crippen LogP contribution in [-0.4, -0.2) is 23.3 Å². The second-order valence-corrected chi connectivity index (χ2v) is 3.39. The number of ether oxygens (including phenoxy) is 1. The van der Waals surface area contributed by atoms with Gasteiger partial charge in [-0.15, -0.1) is 0 Å². The van der Waals surface area contributed by atoms with Crippen LogP contribution in [0.3, 0.4) is 0 Å². The lowest BCUT2D eigenvalue weighted by molar-refractivity contribution is -0.134. The van der Waals surface area contributed by atoms with E-state index in [0.29, 0.717) is 5.75 Å². The quantitative estimate of drug-likeness (QED) is 0.796. The molecule has 0 aromatic heterocycles. The number of aliphatic carboxylic acids is 1. The van der Waals surface area contributed by atoms with Gasteiger partial charge < -0.3 is 14.9 Å². The van der Waals surface area contributed by atoms with Gasteiger partial charge >= 0.3 is 0 Å². The Labute approximate surface area is 99.1 Å². The summed E-state index contributed by atoms with van der Waals surface area (Å²) in [5.41, 5.74) is 0. The molecule has 0 radical (unpaired) electrons. The van der Waals surface area contributed by atoms with Crippen LogP contribution in [0.4, 0.5) is 0 Å². The molecule has 17 heavy (non-hydrogen) atoms. The third-order valence-electron chi connectivity index (χ3n) is 2.05. The Balaban J connectivity index is 0.000000317. The zero-order valence-electron chi connectivity index (χ0n) is 9.68. The number of carbonyl (C=O) groups is 1. The minimum atomic E-state index is -0.833. The van der Waals surface area contributed by atoms with Crippen LogP contribution in [0.15, 0.2) is 36.4 Å².